The van der Waals surface area contributed by atoms with Gasteiger partial charge in [0.15, 0.2) is 17.7 Å². The van der Waals surface area contributed by atoms with Crippen molar-refractivity contribution in [3.8, 4) is 17.2 Å². The summed E-state index contributed by atoms with van der Waals surface area (Å²) in [5.74, 6) is 0.240. The van der Waals surface area contributed by atoms with E-state index in [9.17, 15) is 24.9 Å². The van der Waals surface area contributed by atoms with Gasteiger partial charge in [0.1, 0.15) is 24.1 Å². The molecule has 1 aliphatic rings. The van der Waals surface area contributed by atoms with E-state index in [4.69, 9.17) is 18.9 Å². The van der Waals surface area contributed by atoms with Crippen molar-refractivity contribution in [2.75, 3.05) is 33.3 Å². The standard InChI is InChI=1S/C19H23N3O9/c1-28-10-6-9(7-11(29-2)16(10)30-3)17(26)20-13-4-5-22(19(27)21-13)18-15(25)14(24)12(8-23)31-18/h4-7,12,14-15,18,23-25H,8H2,1-3H3,(H,20,21,26,27)/t12-,14-,15-,18+/m1/s1. The van der Waals surface area contributed by atoms with Crippen LogP contribution in [-0.2, 0) is 4.74 Å². The Kier molecular flexibility index (Phi) is 6.75. The summed E-state index contributed by atoms with van der Waals surface area (Å²) in [4.78, 5) is 28.8. The second-order valence-electron chi connectivity index (χ2n) is 6.60. The van der Waals surface area contributed by atoms with Crippen LogP contribution in [0.25, 0.3) is 0 Å². The van der Waals surface area contributed by atoms with Crippen LogP contribution in [0.15, 0.2) is 29.2 Å². The highest BCUT2D eigenvalue weighted by atomic mass is 16.6. The average molecular weight is 437 g/mol. The molecule has 168 valence electrons. The molecule has 1 saturated heterocycles. The molecule has 4 atom stereocenters. The summed E-state index contributed by atoms with van der Waals surface area (Å²) in [7, 11) is 4.27. The lowest BCUT2D eigenvalue weighted by Gasteiger charge is -2.17. The zero-order valence-electron chi connectivity index (χ0n) is 17.0. The number of hydrogen-bond donors (Lipinski definition) is 4. The molecule has 0 aliphatic carbocycles. The van der Waals surface area contributed by atoms with Crippen LogP contribution < -0.4 is 25.2 Å². The zero-order chi connectivity index (χ0) is 22.7. The van der Waals surface area contributed by atoms with E-state index in [0.717, 1.165) is 4.57 Å². The normalized spacial score (nSPS) is 22.8. The number of nitrogens with zero attached hydrogens (tertiary/aromatic N) is 2. The van der Waals surface area contributed by atoms with Crippen molar-refractivity contribution in [2.24, 2.45) is 0 Å². The number of methoxy groups -OCH3 is 3. The van der Waals surface area contributed by atoms with E-state index in [1.807, 2.05) is 0 Å². The van der Waals surface area contributed by atoms with Gasteiger partial charge in [0.05, 0.1) is 27.9 Å². The number of aliphatic hydroxyl groups excluding tert-OH is 3. The summed E-state index contributed by atoms with van der Waals surface area (Å²) < 4.78 is 21.9. The fourth-order valence-electron chi connectivity index (χ4n) is 3.19. The highest BCUT2D eigenvalue weighted by molar-refractivity contribution is 6.04. The molecule has 2 aromatic rings. The summed E-state index contributed by atoms with van der Waals surface area (Å²) in [6.45, 7) is -0.528. The van der Waals surface area contributed by atoms with Gasteiger partial charge in [0.2, 0.25) is 5.75 Å². The molecule has 12 heteroatoms. The maximum atomic E-state index is 12.6. The van der Waals surface area contributed by atoms with E-state index in [0.29, 0.717) is 5.75 Å². The molecule has 1 amide bonds. The lowest BCUT2D eigenvalue weighted by Crippen LogP contribution is -2.36. The van der Waals surface area contributed by atoms with Crippen molar-refractivity contribution in [2.45, 2.75) is 24.5 Å². The lowest BCUT2D eigenvalue weighted by atomic mass is 10.1. The molecule has 0 saturated carbocycles. The molecular formula is C19H23N3O9. The molecule has 31 heavy (non-hydrogen) atoms. The fraction of sp³-hybridized carbons (Fsp3) is 0.421. The van der Waals surface area contributed by atoms with Crippen LogP contribution in [0.3, 0.4) is 0 Å². The summed E-state index contributed by atoms with van der Waals surface area (Å²) in [5, 5.41) is 31.6. The Bertz CT molecular complexity index is 984. The van der Waals surface area contributed by atoms with Crippen LogP contribution in [0.5, 0.6) is 17.2 Å². The van der Waals surface area contributed by atoms with Crippen molar-refractivity contribution in [3.05, 3.63) is 40.4 Å². The Hall–Kier alpha value is -3.19. The SMILES string of the molecule is COc1cc(C(=O)Nc2ccn([C@H]3O[C@H](CO)[C@@H](O)[C@H]3O)c(=O)n2)cc(OC)c1OC. The summed E-state index contributed by atoms with van der Waals surface area (Å²) in [6, 6.07) is 4.21. The number of aliphatic hydroxyl groups is 3. The van der Waals surface area contributed by atoms with Gasteiger partial charge in [-0.15, -0.1) is 0 Å². The Morgan fingerprint density at radius 1 is 1.16 bits per heavy atom. The molecule has 12 nitrogen and oxygen atoms in total. The maximum Gasteiger partial charge on any atom is 0.351 e. The summed E-state index contributed by atoms with van der Waals surface area (Å²) in [6.07, 6.45) is -3.81. The first-order chi connectivity index (χ1) is 14.8. The maximum absolute atomic E-state index is 12.6. The number of carbonyl (C=O) groups excluding carboxylic acids is 1. The molecular weight excluding hydrogens is 414 g/mol. The van der Waals surface area contributed by atoms with Crippen LogP contribution in [-0.4, -0.2) is 77.0 Å². The van der Waals surface area contributed by atoms with Crippen LogP contribution in [0.2, 0.25) is 0 Å². The second-order valence-corrected chi connectivity index (χ2v) is 6.60. The second kappa shape index (κ2) is 9.31. The first-order valence-electron chi connectivity index (χ1n) is 9.17. The Labute approximate surface area is 176 Å². The molecule has 1 aromatic carbocycles. The van der Waals surface area contributed by atoms with E-state index in [1.54, 1.807) is 0 Å². The number of anilines is 1. The van der Waals surface area contributed by atoms with Crippen molar-refractivity contribution in [3.63, 3.8) is 0 Å². The summed E-state index contributed by atoms with van der Waals surface area (Å²) >= 11 is 0. The number of aromatic nitrogens is 2. The third-order valence-corrected chi connectivity index (χ3v) is 4.79. The molecule has 0 bridgehead atoms. The van der Waals surface area contributed by atoms with E-state index >= 15 is 0 Å². The van der Waals surface area contributed by atoms with Gasteiger partial charge in [-0.25, -0.2) is 4.79 Å². The topological polar surface area (TPSA) is 162 Å². The summed E-state index contributed by atoms with van der Waals surface area (Å²) in [5.41, 5.74) is -0.665. The molecule has 1 aromatic heterocycles. The van der Waals surface area contributed by atoms with Gasteiger partial charge < -0.3 is 39.6 Å². The van der Waals surface area contributed by atoms with Crippen molar-refractivity contribution < 1.29 is 39.1 Å². The van der Waals surface area contributed by atoms with Gasteiger partial charge in [0.25, 0.3) is 5.91 Å². The third kappa shape index (κ3) is 4.32. The smallest absolute Gasteiger partial charge is 0.351 e. The van der Waals surface area contributed by atoms with Crippen molar-refractivity contribution in [1.29, 1.82) is 0 Å². The first kappa shape index (κ1) is 22.5. The number of rotatable bonds is 7. The van der Waals surface area contributed by atoms with Crippen LogP contribution >= 0.6 is 0 Å². The molecule has 0 spiro atoms. The van der Waals surface area contributed by atoms with E-state index in [1.165, 1.54) is 45.7 Å². The predicted octanol–water partition coefficient (Wildman–Crippen LogP) is -0.867. The Morgan fingerprint density at radius 2 is 1.81 bits per heavy atom. The number of amides is 1. The molecule has 4 N–H and O–H groups in total. The number of ether oxygens (including phenoxy) is 4. The minimum atomic E-state index is -1.43. The largest absolute Gasteiger partial charge is 0.493 e. The van der Waals surface area contributed by atoms with E-state index < -0.39 is 42.7 Å². The van der Waals surface area contributed by atoms with Gasteiger partial charge in [-0.2, -0.15) is 4.98 Å². The van der Waals surface area contributed by atoms with Crippen LogP contribution in [0.1, 0.15) is 16.6 Å². The van der Waals surface area contributed by atoms with Crippen molar-refractivity contribution >= 4 is 11.7 Å². The quantitative estimate of drug-likeness (QED) is 0.428. The average Bonchev–Trinajstić information content (AvgIpc) is 3.06. The predicted molar refractivity (Wildman–Crippen MR) is 106 cm³/mol. The van der Waals surface area contributed by atoms with Gasteiger partial charge in [-0.3, -0.25) is 9.36 Å². The highest BCUT2D eigenvalue weighted by Gasteiger charge is 2.43. The number of nitrogens with one attached hydrogen (secondary N) is 1. The Balaban J connectivity index is 1.82. The minimum Gasteiger partial charge on any atom is -0.493 e. The number of hydrogen-bond acceptors (Lipinski definition) is 10. The minimum absolute atomic E-state index is 0.0493. The fourth-order valence-corrected chi connectivity index (χ4v) is 3.19. The van der Waals surface area contributed by atoms with E-state index in [-0.39, 0.29) is 22.9 Å². The molecule has 1 aliphatic heterocycles. The molecule has 3 rings (SSSR count). The first-order valence-corrected chi connectivity index (χ1v) is 9.17. The monoisotopic (exact) mass is 437 g/mol. The van der Waals surface area contributed by atoms with Gasteiger partial charge >= 0.3 is 5.69 Å². The Morgan fingerprint density at radius 3 is 2.29 bits per heavy atom. The number of benzene rings is 1. The third-order valence-electron chi connectivity index (χ3n) is 4.79. The molecule has 0 unspecified atom stereocenters. The van der Waals surface area contributed by atoms with E-state index in [2.05, 4.69) is 10.3 Å². The molecule has 2 heterocycles. The van der Waals surface area contributed by atoms with Gasteiger partial charge in [-0.1, -0.05) is 0 Å². The zero-order valence-corrected chi connectivity index (χ0v) is 17.0. The highest BCUT2D eigenvalue weighted by Crippen LogP contribution is 2.38. The van der Waals surface area contributed by atoms with Crippen LogP contribution in [0.4, 0.5) is 5.82 Å². The molecule has 0 radical (unpaired) electrons. The van der Waals surface area contributed by atoms with Gasteiger partial charge in [0, 0.05) is 11.8 Å². The number of carbonyl (C=O) groups is 1. The lowest BCUT2D eigenvalue weighted by molar-refractivity contribution is -0.0549. The van der Waals surface area contributed by atoms with Crippen LogP contribution in [0, 0.1) is 0 Å². The molecule has 1 fully saturated rings. The van der Waals surface area contributed by atoms with Crippen molar-refractivity contribution in [1.82, 2.24) is 9.55 Å². The van der Waals surface area contributed by atoms with Gasteiger partial charge in [-0.05, 0) is 18.2 Å².